The molecule has 0 spiro atoms. The largest absolute Gasteiger partial charge is 0.460 e. The maximum atomic E-state index is 12.7. The number of ether oxygens (including phenoxy) is 2. The molecule has 218 valence electrons. The Morgan fingerprint density at radius 1 is 0.838 bits per heavy atom. The van der Waals surface area contributed by atoms with Gasteiger partial charge in [0.05, 0.1) is 18.3 Å². The third kappa shape index (κ3) is 18.1. The standard InChI is InChI=1S/C33H62O4/c1-4-7-10-12-14-15-16-17-19-21-24-27-33(35)37-31(26-23-20-18-13-11-8-5-2)32-28-29(34)30(36-32)25-22-9-6-3/h5,29-32,34H,2,4,6-28H2,1,3H3/t29-,30-,31+,32+/m0/s1. The average Bonchev–Trinajstić information content (AvgIpc) is 3.26. The molecule has 1 heterocycles. The van der Waals surface area contributed by atoms with Crippen molar-refractivity contribution < 1.29 is 19.4 Å². The van der Waals surface area contributed by atoms with Crippen LogP contribution in [0.3, 0.4) is 0 Å². The van der Waals surface area contributed by atoms with Crippen molar-refractivity contribution in [3.05, 3.63) is 12.7 Å². The van der Waals surface area contributed by atoms with Crippen molar-refractivity contribution in [2.24, 2.45) is 0 Å². The Morgan fingerprint density at radius 2 is 1.38 bits per heavy atom. The molecule has 37 heavy (non-hydrogen) atoms. The van der Waals surface area contributed by atoms with Gasteiger partial charge in [0, 0.05) is 12.8 Å². The van der Waals surface area contributed by atoms with Crippen LogP contribution in [-0.4, -0.2) is 35.5 Å². The van der Waals surface area contributed by atoms with Gasteiger partial charge in [-0.2, -0.15) is 0 Å². The highest BCUT2D eigenvalue weighted by Gasteiger charge is 2.39. The van der Waals surface area contributed by atoms with Gasteiger partial charge in [0.1, 0.15) is 6.10 Å². The summed E-state index contributed by atoms with van der Waals surface area (Å²) in [6.45, 7) is 8.25. The van der Waals surface area contributed by atoms with Crippen LogP contribution in [0.25, 0.3) is 0 Å². The lowest BCUT2D eigenvalue weighted by atomic mass is 10.00. The molecule has 1 aliphatic heterocycles. The Balaban J connectivity index is 2.33. The summed E-state index contributed by atoms with van der Waals surface area (Å²) in [5.74, 6) is -0.0839. The topological polar surface area (TPSA) is 55.8 Å². The smallest absolute Gasteiger partial charge is 0.306 e. The number of rotatable bonds is 26. The summed E-state index contributed by atoms with van der Waals surface area (Å²) in [5.41, 5.74) is 0. The highest BCUT2D eigenvalue weighted by Crippen LogP contribution is 2.30. The highest BCUT2D eigenvalue weighted by molar-refractivity contribution is 5.69. The number of allylic oxidation sites excluding steroid dienone is 1. The lowest BCUT2D eigenvalue weighted by Gasteiger charge is -2.24. The van der Waals surface area contributed by atoms with Crippen molar-refractivity contribution in [1.29, 1.82) is 0 Å². The molecule has 0 radical (unpaired) electrons. The lowest BCUT2D eigenvalue weighted by Crippen LogP contribution is -2.32. The summed E-state index contributed by atoms with van der Waals surface area (Å²) in [7, 11) is 0. The number of carbonyl (C=O) groups excluding carboxylic acids is 1. The minimum Gasteiger partial charge on any atom is -0.460 e. The Morgan fingerprint density at radius 3 is 2.00 bits per heavy atom. The number of aliphatic hydroxyl groups is 1. The van der Waals surface area contributed by atoms with Crippen LogP contribution in [0.5, 0.6) is 0 Å². The maximum absolute atomic E-state index is 12.7. The first-order chi connectivity index (χ1) is 18.1. The summed E-state index contributed by atoms with van der Waals surface area (Å²) < 4.78 is 12.3. The van der Waals surface area contributed by atoms with Crippen LogP contribution >= 0.6 is 0 Å². The molecule has 0 aliphatic carbocycles. The predicted octanol–water partition coefficient (Wildman–Crippen LogP) is 9.61. The molecule has 4 heteroatoms. The third-order valence-corrected chi connectivity index (χ3v) is 7.92. The Hall–Kier alpha value is -0.870. The Bertz CT molecular complexity index is 534. The molecule has 1 N–H and O–H groups in total. The van der Waals surface area contributed by atoms with E-state index >= 15 is 0 Å². The number of hydrogen-bond acceptors (Lipinski definition) is 4. The third-order valence-electron chi connectivity index (χ3n) is 7.92. The van der Waals surface area contributed by atoms with E-state index in [4.69, 9.17) is 9.47 Å². The van der Waals surface area contributed by atoms with Crippen LogP contribution in [0.2, 0.25) is 0 Å². The average molecular weight is 523 g/mol. The summed E-state index contributed by atoms with van der Waals surface area (Å²) in [6, 6.07) is 0. The van der Waals surface area contributed by atoms with Crippen LogP contribution in [-0.2, 0) is 14.3 Å². The Labute approximate surface area is 230 Å². The summed E-state index contributed by atoms with van der Waals surface area (Å²) in [5, 5.41) is 10.6. The van der Waals surface area contributed by atoms with E-state index in [9.17, 15) is 9.90 Å². The molecule has 0 aromatic carbocycles. The van der Waals surface area contributed by atoms with E-state index in [1.54, 1.807) is 0 Å². The van der Waals surface area contributed by atoms with Gasteiger partial charge in [-0.05, 0) is 38.5 Å². The molecule has 1 aliphatic rings. The fourth-order valence-electron chi connectivity index (χ4n) is 5.50. The van der Waals surface area contributed by atoms with E-state index in [2.05, 4.69) is 20.4 Å². The maximum Gasteiger partial charge on any atom is 0.306 e. The number of unbranched alkanes of at least 4 members (excludes halogenated alkanes) is 17. The van der Waals surface area contributed by atoms with Crippen molar-refractivity contribution in [2.45, 2.75) is 192 Å². The lowest BCUT2D eigenvalue weighted by molar-refractivity contribution is -0.158. The van der Waals surface area contributed by atoms with E-state index in [0.717, 1.165) is 51.4 Å². The molecule has 0 saturated carbocycles. The summed E-state index contributed by atoms with van der Waals surface area (Å²) >= 11 is 0. The van der Waals surface area contributed by atoms with Crippen LogP contribution in [0, 0.1) is 0 Å². The van der Waals surface area contributed by atoms with Crippen molar-refractivity contribution in [3.8, 4) is 0 Å². The molecule has 4 nitrogen and oxygen atoms in total. The molecular formula is C33H62O4. The van der Waals surface area contributed by atoms with E-state index in [-0.39, 0.29) is 24.3 Å². The van der Waals surface area contributed by atoms with Crippen molar-refractivity contribution >= 4 is 5.97 Å². The van der Waals surface area contributed by atoms with Gasteiger partial charge < -0.3 is 14.6 Å². The monoisotopic (exact) mass is 522 g/mol. The molecule has 1 fully saturated rings. The molecule has 0 unspecified atom stereocenters. The minimum absolute atomic E-state index is 0.0839. The quantitative estimate of drug-likeness (QED) is 0.0698. The van der Waals surface area contributed by atoms with E-state index in [0.29, 0.717) is 12.8 Å². The normalized spacial score (nSPS) is 20.2. The first kappa shape index (κ1) is 34.2. The zero-order valence-corrected chi connectivity index (χ0v) is 24.7. The van der Waals surface area contributed by atoms with Crippen LogP contribution in [0.15, 0.2) is 12.7 Å². The van der Waals surface area contributed by atoms with Gasteiger partial charge in [0.2, 0.25) is 0 Å². The number of esters is 1. The van der Waals surface area contributed by atoms with Gasteiger partial charge in [-0.1, -0.05) is 123 Å². The van der Waals surface area contributed by atoms with Crippen molar-refractivity contribution in [1.82, 2.24) is 0 Å². The molecule has 1 rings (SSSR count). The molecule has 1 saturated heterocycles. The second kappa shape index (κ2) is 24.2. The van der Waals surface area contributed by atoms with Crippen LogP contribution < -0.4 is 0 Å². The Kier molecular flexibility index (Phi) is 22.3. The van der Waals surface area contributed by atoms with Crippen molar-refractivity contribution in [2.75, 3.05) is 0 Å². The second-order valence-corrected chi connectivity index (χ2v) is 11.5. The molecule has 0 amide bonds. The SMILES string of the molecule is C=CCCCCCCC[C@@H](OC(=O)CCCCCCCCCCCCC)[C@H]1C[C@H](O)[C@H](CCCCC)O1. The second-order valence-electron chi connectivity index (χ2n) is 11.5. The van der Waals surface area contributed by atoms with Gasteiger partial charge >= 0.3 is 5.97 Å². The molecular weight excluding hydrogens is 460 g/mol. The van der Waals surface area contributed by atoms with E-state index in [1.165, 1.54) is 89.9 Å². The predicted molar refractivity (Wildman–Crippen MR) is 157 cm³/mol. The van der Waals surface area contributed by atoms with Gasteiger partial charge in [-0.15, -0.1) is 6.58 Å². The van der Waals surface area contributed by atoms with Gasteiger partial charge in [-0.25, -0.2) is 0 Å². The van der Waals surface area contributed by atoms with Crippen molar-refractivity contribution in [3.63, 3.8) is 0 Å². The van der Waals surface area contributed by atoms with E-state index < -0.39 is 6.10 Å². The molecule has 0 aromatic heterocycles. The highest BCUT2D eigenvalue weighted by atomic mass is 16.6. The molecule has 4 atom stereocenters. The van der Waals surface area contributed by atoms with Crippen LogP contribution in [0.4, 0.5) is 0 Å². The zero-order valence-electron chi connectivity index (χ0n) is 24.7. The number of hydrogen-bond donors (Lipinski definition) is 1. The number of carbonyl (C=O) groups is 1. The fraction of sp³-hybridized carbons (Fsp3) is 0.909. The fourth-order valence-corrected chi connectivity index (χ4v) is 5.50. The first-order valence-corrected chi connectivity index (χ1v) is 16.3. The zero-order chi connectivity index (χ0) is 27.0. The van der Waals surface area contributed by atoms with Gasteiger partial charge in [0.15, 0.2) is 0 Å². The van der Waals surface area contributed by atoms with Gasteiger partial charge in [-0.3, -0.25) is 4.79 Å². The van der Waals surface area contributed by atoms with Gasteiger partial charge in [0.25, 0.3) is 0 Å². The molecule has 0 aromatic rings. The minimum atomic E-state index is -0.436. The number of aliphatic hydroxyl groups excluding tert-OH is 1. The molecule has 0 bridgehead atoms. The summed E-state index contributed by atoms with van der Waals surface area (Å²) in [4.78, 5) is 12.7. The summed E-state index contributed by atoms with van der Waals surface area (Å²) in [6.07, 6.45) is 28.3. The van der Waals surface area contributed by atoms with E-state index in [1.807, 2.05) is 6.08 Å². The van der Waals surface area contributed by atoms with Crippen LogP contribution in [0.1, 0.15) is 168 Å². The first-order valence-electron chi connectivity index (χ1n) is 16.3.